The van der Waals surface area contributed by atoms with Crippen molar-refractivity contribution in [2.24, 2.45) is 0 Å². The molecule has 0 unspecified atom stereocenters. The molecule has 0 fully saturated rings. The van der Waals surface area contributed by atoms with Crippen molar-refractivity contribution in [2.45, 2.75) is 19.9 Å². The van der Waals surface area contributed by atoms with Crippen LogP contribution in [0.15, 0.2) is 18.2 Å². The van der Waals surface area contributed by atoms with Crippen LogP contribution in [0.3, 0.4) is 0 Å². The van der Waals surface area contributed by atoms with Gasteiger partial charge in [0, 0.05) is 30.8 Å². The van der Waals surface area contributed by atoms with Gasteiger partial charge in [-0.3, -0.25) is 4.90 Å². The summed E-state index contributed by atoms with van der Waals surface area (Å²) in [6, 6.07) is 4.86. The van der Waals surface area contributed by atoms with Gasteiger partial charge >= 0.3 is 0 Å². The van der Waals surface area contributed by atoms with E-state index in [2.05, 4.69) is 16.7 Å². The smallest absolute Gasteiger partial charge is 0.128 e. The number of hydrogen-bond acceptors (Lipinski definition) is 3. The van der Waals surface area contributed by atoms with Crippen molar-refractivity contribution >= 4 is 0 Å². The third kappa shape index (κ3) is 5.39. The molecule has 0 amide bonds. The van der Waals surface area contributed by atoms with E-state index in [4.69, 9.17) is 10.2 Å². The van der Waals surface area contributed by atoms with E-state index in [1.54, 1.807) is 12.1 Å². The topological polar surface area (TPSA) is 43.7 Å². The van der Waals surface area contributed by atoms with Gasteiger partial charge in [-0.1, -0.05) is 24.8 Å². The van der Waals surface area contributed by atoms with Crippen molar-refractivity contribution < 1.29 is 14.6 Å². The fourth-order valence-electron chi connectivity index (χ4n) is 1.78. The maximum absolute atomic E-state index is 13.9. The Kier molecular flexibility index (Phi) is 7.12. The highest BCUT2D eigenvalue weighted by Gasteiger charge is 2.08. The summed E-state index contributed by atoms with van der Waals surface area (Å²) in [5.74, 6) is 4.88. The van der Waals surface area contributed by atoms with Crippen LogP contribution < -0.4 is 0 Å². The molecule has 0 aromatic heterocycles. The minimum absolute atomic E-state index is 0.147. The minimum Gasteiger partial charge on any atom is -0.396 e. The van der Waals surface area contributed by atoms with Crippen LogP contribution in [0.5, 0.6) is 0 Å². The van der Waals surface area contributed by atoms with E-state index < -0.39 is 0 Å². The molecule has 0 saturated heterocycles. The van der Waals surface area contributed by atoms with Gasteiger partial charge in [0.25, 0.3) is 0 Å². The zero-order valence-electron chi connectivity index (χ0n) is 11.2. The molecule has 0 aliphatic carbocycles. The van der Waals surface area contributed by atoms with Gasteiger partial charge in [-0.15, -0.1) is 0 Å². The summed E-state index contributed by atoms with van der Waals surface area (Å²) in [6.07, 6.45) is 0.690. The van der Waals surface area contributed by atoms with Crippen LogP contribution >= 0.6 is 0 Å². The monoisotopic (exact) mass is 265 g/mol. The second kappa shape index (κ2) is 8.65. The number of aliphatic hydroxyl groups is 2. The first-order valence-electron chi connectivity index (χ1n) is 6.42. The van der Waals surface area contributed by atoms with Crippen LogP contribution in [0.2, 0.25) is 0 Å². The molecule has 0 spiro atoms. The molecular formula is C15H20FNO2. The highest BCUT2D eigenvalue weighted by Crippen LogP contribution is 2.12. The first kappa shape index (κ1) is 15.6. The Morgan fingerprint density at radius 3 is 2.68 bits per heavy atom. The van der Waals surface area contributed by atoms with Gasteiger partial charge < -0.3 is 10.2 Å². The third-order valence-electron chi connectivity index (χ3n) is 2.84. The Morgan fingerprint density at radius 2 is 2.11 bits per heavy atom. The fraction of sp³-hybridized carbons (Fsp3) is 0.467. The van der Waals surface area contributed by atoms with Crippen LogP contribution in [-0.4, -0.2) is 41.4 Å². The maximum atomic E-state index is 13.9. The van der Waals surface area contributed by atoms with Gasteiger partial charge in [-0.25, -0.2) is 4.39 Å². The summed E-state index contributed by atoms with van der Waals surface area (Å²) >= 11 is 0. The standard InChI is InChI=1S/C15H20FNO2/c1-2-17(8-4-10-19)12-14-7-6-13(5-3-9-18)11-15(14)16/h6-7,11,18-19H,2,4,8-10,12H2,1H3. The molecular weight excluding hydrogens is 245 g/mol. The van der Waals surface area contributed by atoms with Gasteiger partial charge in [0.1, 0.15) is 12.4 Å². The van der Waals surface area contributed by atoms with Gasteiger partial charge in [-0.2, -0.15) is 0 Å². The van der Waals surface area contributed by atoms with Crippen LogP contribution in [0.1, 0.15) is 24.5 Å². The SMILES string of the molecule is CCN(CCCO)Cc1ccc(C#CCO)cc1F. The average molecular weight is 265 g/mol. The molecule has 1 aromatic rings. The highest BCUT2D eigenvalue weighted by molar-refractivity contribution is 5.37. The molecule has 0 aliphatic rings. The van der Waals surface area contributed by atoms with E-state index in [0.29, 0.717) is 24.1 Å². The quantitative estimate of drug-likeness (QED) is 0.764. The molecule has 0 saturated carbocycles. The van der Waals surface area contributed by atoms with Gasteiger partial charge in [0.15, 0.2) is 0 Å². The summed E-state index contributed by atoms with van der Waals surface area (Å²) in [7, 11) is 0. The molecule has 0 heterocycles. The Bertz CT molecular complexity index is 451. The Labute approximate surface area is 113 Å². The number of halogens is 1. The minimum atomic E-state index is -0.285. The number of aliphatic hydroxyl groups excluding tert-OH is 2. The number of nitrogens with zero attached hydrogens (tertiary/aromatic N) is 1. The summed E-state index contributed by atoms with van der Waals surface area (Å²) < 4.78 is 13.9. The molecule has 0 aliphatic heterocycles. The van der Waals surface area contributed by atoms with E-state index in [-0.39, 0.29) is 19.0 Å². The molecule has 0 atom stereocenters. The largest absolute Gasteiger partial charge is 0.396 e. The van der Waals surface area contributed by atoms with Crippen LogP contribution in [0.25, 0.3) is 0 Å². The maximum Gasteiger partial charge on any atom is 0.128 e. The Hall–Kier alpha value is -1.41. The normalized spacial score (nSPS) is 10.4. The number of benzene rings is 1. The molecule has 19 heavy (non-hydrogen) atoms. The molecule has 2 N–H and O–H groups in total. The molecule has 0 radical (unpaired) electrons. The van der Waals surface area contributed by atoms with Gasteiger partial charge in [-0.05, 0) is 25.1 Å². The summed E-state index contributed by atoms with van der Waals surface area (Å²) in [6.45, 7) is 4.01. The zero-order valence-corrected chi connectivity index (χ0v) is 11.2. The van der Waals surface area contributed by atoms with Crippen LogP contribution in [-0.2, 0) is 6.54 Å². The average Bonchev–Trinajstić information content (AvgIpc) is 2.43. The lowest BCUT2D eigenvalue weighted by Crippen LogP contribution is -2.25. The fourth-order valence-corrected chi connectivity index (χ4v) is 1.78. The molecule has 1 aromatic carbocycles. The van der Waals surface area contributed by atoms with E-state index >= 15 is 0 Å². The second-order valence-electron chi connectivity index (χ2n) is 4.21. The molecule has 1 rings (SSSR count). The summed E-state index contributed by atoms with van der Waals surface area (Å²) in [4.78, 5) is 2.08. The first-order chi connectivity index (χ1) is 9.21. The van der Waals surface area contributed by atoms with E-state index in [0.717, 1.165) is 13.1 Å². The van der Waals surface area contributed by atoms with Crippen molar-refractivity contribution in [3.8, 4) is 11.8 Å². The lowest BCUT2D eigenvalue weighted by Gasteiger charge is -2.20. The van der Waals surface area contributed by atoms with Gasteiger partial charge in [0.05, 0.1) is 0 Å². The van der Waals surface area contributed by atoms with Crippen LogP contribution in [0, 0.1) is 17.7 Å². The zero-order chi connectivity index (χ0) is 14.1. The Balaban J connectivity index is 2.73. The van der Waals surface area contributed by atoms with E-state index in [9.17, 15) is 4.39 Å². The highest BCUT2D eigenvalue weighted by atomic mass is 19.1. The Morgan fingerprint density at radius 1 is 1.32 bits per heavy atom. The number of hydrogen-bond donors (Lipinski definition) is 2. The predicted molar refractivity (Wildman–Crippen MR) is 73.0 cm³/mol. The summed E-state index contributed by atoms with van der Waals surface area (Å²) in [5.41, 5.74) is 1.18. The van der Waals surface area contributed by atoms with Crippen molar-refractivity contribution in [3.05, 3.63) is 35.1 Å². The first-order valence-corrected chi connectivity index (χ1v) is 6.42. The summed E-state index contributed by atoms with van der Waals surface area (Å²) in [5, 5.41) is 17.4. The molecule has 104 valence electrons. The lowest BCUT2D eigenvalue weighted by atomic mass is 10.1. The van der Waals surface area contributed by atoms with Crippen molar-refractivity contribution in [3.63, 3.8) is 0 Å². The van der Waals surface area contributed by atoms with Crippen molar-refractivity contribution in [1.82, 2.24) is 4.90 Å². The van der Waals surface area contributed by atoms with Crippen molar-refractivity contribution in [2.75, 3.05) is 26.3 Å². The predicted octanol–water partition coefficient (Wildman–Crippen LogP) is 1.37. The lowest BCUT2D eigenvalue weighted by molar-refractivity contribution is 0.224. The van der Waals surface area contributed by atoms with Gasteiger partial charge in [0.2, 0.25) is 0 Å². The molecule has 4 heteroatoms. The second-order valence-corrected chi connectivity index (χ2v) is 4.21. The number of rotatable bonds is 6. The van der Waals surface area contributed by atoms with Crippen molar-refractivity contribution in [1.29, 1.82) is 0 Å². The van der Waals surface area contributed by atoms with E-state index in [1.165, 1.54) is 6.07 Å². The van der Waals surface area contributed by atoms with Crippen LogP contribution in [0.4, 0.5) is 4.39 Å². The van der Waals surface area contributed by atoms with E-state index in [1.807, 2.05) is 6.92 Å². The third-order valence-corrected chi connectivity index (χ3v) is 2.84. The molecule has 0 bridgehead atoms. The molecule has 3 nitrogen and oxygen atoms in total.